The molecule has 3 aromatic heterocycles. The summed E-state index contributed by atoms with van der Waals surface area (Å²) in [5, 5.41) is 0. The van der Waals surface area contributed by atoms with Crippen LogP contribution < -0.4 is 10.5 Å². The van der Waals surface area contributed by atoms with Gasteiger partial charge in [0.1, 0.15) is 11.6 Å². The van der Waals surface area contributed by atoms with Crippen molar-refractivity contribution in [3.8, 4) is 17.0 Å². The lowest BCUT2D eigenvalue weighted by Gasteiger charge is -2.09. The molecular weight excluding hydrogens is 326 g/mol. The van der Waals surface area contributed by atoms with E-state index in [1.807, 2.05) is 36.7 Å². The van der Waals surface area contributed by atoms with Crippen molar-refractivity contribution in [2.45, 2.75) is 31.2 Å². The van der Waals surface area contributed by atoms with Crippen LogP contribution >= 0.6 is 0 Å². The normalized spacial score (nSPS) is 20.2. The molecule has 1 aliphatic carbocycles. The number of nitrogens with zero attached hydrogens (tertiary/aromatic N) is 3. The fraction of sp³-hybridized carbons (Fsp3) is 0.300. The van der Waals surface area contributed by atoms with Gasteiger partial charge in [-0.1, -0.05) is 0 Å². The molecule has 1 saturated carbocycles. The number of aromatic amines is 1. The molecule has 132 valence electrons. The van der Waals surface area contributed by atoms with E-state index in [1.165, 1.54) is 0 Å². The number of imidazole rings is 1. The van der Waals surface area contributed by atoms with Crippen molar-refractivity contribution < 1.29 is 4.74 Å². The molecular formula is C20H21N5O. The van der Waals surface area contributed by atoms with Crippen molar-refractivity contribution in [3.05, 3.63) is 48.5 Å². The average molecular weight is 347 g/mol. The fourth-order valence-electron chi connectivity index (χ4n) is 4.07. The average Bonchev–Trinajstić information content (AvgIpc) is 3.38. The van der Waals surface area contributed by atoms with Crippen LogP contribution in [0.15, 0.2) is 42.7 Å². The number of H-pyrrole nitrogens is 1. The van der Waals surface area contributed by atoms with Gasteiger partial charge in [-0.3, -0.25) is 4.40 Å². The molecule has 1 aliphatic rings. The predicted octanol–water partition coefficient (Wildman–Crippen LogP) is 3.48. The molecule has 0 amide bonds. The highest BCUT2D eigenvalue weighted by molar-refractivity contribution is 5.84. The summed E-state index contributed by atoms with van der Waals surface area (Å²) in [6.45, 7) is 0. The highest BCUT2D eigenvalue weighted by Crippen LogP contribution is 2.37. The third-order valence-corrected chi connectivity index (χ3v) is 5.40. The quantitative estimate of drug-likeness (QED) is 0.594. The molecule has 4 aromatic rings. The highest BCUT2D eigenvalue weighted by atomic mass is 16.5. The minimum Gasteiger partial charge on any atom is -0.497 e. The van der Waals surface area contributed by atoms with E-state index in [0.29, 0.717) is 5.92 Å². The lowest BCUT2D eigenvalue weighted by molar-refractivity contribution is 0.415. The molecule has 0 bridgehead atoms. The first kappa shape index (κ1) is 15.4. The van der Waals surface area contributed by atoms with Crippen LogP contribution in [0.4, 0.5) is 0 Å². The molecule has 3 heterocycles. The van der Waals surface area contributed by atoms with Crippen molar-refractivity contribution in [2.24, 2.45) is 5.73 Å². The van der Waals surface area contributed by atoms with Crippen LogP contribution in [0.1, 0.15) is 31.0 Å². The molecule has 6 nitrogen and oxygen atoms in total. The Morgan fingerprint density at radius 1 is 1.15 bits per heavy atom. The van der Waals surface area contributed by atoms with Crippen LogP contribution in [0, 0.1) is 0 Å². The number of nitrogens with two attached hydrogens (primary N) is 1. The number of ether oxygens (including phenoxy) is 1. The molecule has 6 heteroatoms. The minimum absolute atomic E-state index is 0.264. The maximum absolute atomic E-state index is 6.18. The summed E-state index contributed by atoms with van der Waals surface area (Å²) in [5.41, 5.74) is 11.2. The number of aromatic nitrogens is 4. The molecule has 0 radical (unpaired) electrons. The number of fused-ring (bicyclic) bond motifs is 3. The Morgan fingerprint density at radius 3 is 2.73 bits per heavy atom. The van der Waals surface area contributed by atoms with Crippen LogP contribution in [0.5, 0.6) is 5.75 Å². The Bertz CT molecular complexity index is 1080. The van der Waals surface area contributed by atoms with Crippen LogP contribution in [0.3, 0.4) is 0 Å². The van der Waals surface area contributed by atoms with E-state index >= 15 is 0 Å². The summed E-state index contributed by atoms with van der Waals surface area (Å²) in [4.78, 5) is 12.9. The molecule has 0 unspecified atom stereocenters. The van der Waals surface area contributed by atoms with Crippen LogP contribution in [0.25, 0.3) is 27.9 Å². The van der Waals surface area contributed by atoms with Crippen molar-refractivity contribution in [1.82, 2.24) is 19.4 Å². The molecule has 5 rings (SSSR count). The molecule has 2 atom stereocenters. The Kier molecular flexibility index (Phi) is 3.46. The molecule has 1 aromatic carbocycles. The number of hydrogen-bond acceptors (Lipinski definition) is 4. The third kappa shape index (κ3) is 2.29. The first-order valence-electron chi connectivity index (χ1n) is 8.99. The smallest absolute Gasteiger partial charge is 0.154 e. The van der Waals surface area contributed by atoms with Crippen molar-refractivity contribution >= 4 is 16.7 Å². The Labute approximate surface area is 151 Å². The summed E-state index contributed by atoms with van der Waals surface area (Å²) >= 11 is 0. The van der Waals surface area contributed by atoms with Crippen LogP contribution in [0.2, 0.25) is 0 Å². The van der Waals surface area contributed by atoms with Crippen LogP contribution in [-0.4, -0.2) is 32.5 Å². The summed E-state index contributed by atoms with van der Waals surface area (Å²) in [6, 6.07) is 10.4. The third-order valence-electron chi connectivity index (χ3n) is 5.40. The Balaban J connectivity index is 1.75. The maximum Gasteiger partial charge on any atom is 0.154 e. The SMILES string of the molecule is COc1ccc(-c2nc([C@@H]3CC[C@H](N)C3)n3c2cnc2[nH]ccc23)cc1. The van der Waals surface area contributed by atoms with Crippen LogP contribution in [-0.2, 0) is 0 Å². The van der Waals surface area contributed by atoms with Gasteiger partial charge >= 0.3 is 0 Å². The number of benzene rings is 1. The molecule has 0 spiro atoms. The lowest BCUT2D eigenvalue weighted by atomic mass is 10.1. The number of hydrogen-bond donors (Lipinski definition) is 2. The van der Waals surface area contributed by atoms with Gasteiger partial charge < -0.3 is 15.5 Å². The van der Waals surface area contributed by atoms with E-state index in [9.17, 15) is 0 Å². The van der Waals surface area contributed by atoms with Crippen molar-refractivity contribution in [2.75, 3.05) is 7.11 Å². The highest BCUT2D eigenvalue weighted by Gasteiger charge is 2.29. The van der Waals surface area contributed by atoms with Gasteiger partial charge in [-0.25, -0.2) is 9.97 Å². The van der Waals surface area contributed by atoms with E-state index in [4.69, 9.17) is 15.5 Å². The van der Waals surface area contributed by atoms with Crippen molar-refractivity contribution in [3.63, 3.8) is 0 Å². The van der Waals surface area contributed by atoms with Gasteiger partial charge in [0, 0.05) is 23.7 Å². The standard InChI is InChI=1S/C20H21N5O/c1-26-15-6-3-12(4-7-15)18-17-11-23-19-16(8-9-22-19)25(17)20(24-18)13-2-5-14(21)10-13/h3-4,6-9,11,13-14,22H,2,5,10,21H2,1H3/t13-,14+/m1/s1. The van der Waals surface area contributed by atoms with Gasteiger partial charge in [0.15, 0.2) is 5.65 Å². The van der Waals surface area contributed by atoms with E-state index < -0.39 is 0 Å². The Morgan fingerprint density at radius 2 is 2.00 bits per heavy atom. The first-order chi connectivity index (χ1) is 12.7. The van der Waals surface area contributed by atoms with Gasteiger partial charge in [0.2, 0.25) is 0 Å². The number of nitrogens with one attached hydrogen (secondary N) is 1. The van der Waals surface area contributed by atoms with E-state index in [2.05, 4.69) is 20.4 Å². The Hall–Kier alpha value is -2.86. The van der Waals surface area contributed by atoms with E-state index in [0.717, 1.165) is 58.8 Å². The predicted molar refractivity (Wildman–Crippen MR) is 101 cm³/mol. The van der Waals surface area contributed by atoms with E-state index in [-0.39, 0.29) is 6.04 Å². The number of methoxy groups -OCH3 is 1. The summed E-state index contributed by atoms with van der Waals surface area (Å²) in [7, 11) is 1.68. The van der Waals surface area contributed by atoms with Gasteiger partial charge in [-0.2, -0.15) is 0 Å². The second-order valence-corrected chi connectivity index (χ2v) is 7.01. The molecule has 3 N–H and O–H groups in total. The summed E-state index contributed by atoms with van der Waals surface area (Å²) in [6.07, 6.45) is 6.95. The number of rotatable bonds is 3. The minimum atomic E-state index is 0.264. The summed E-state index contributed by atoms with van der Waals surface area (Å²) in [5.74, 6) is 2.31. The fourth-order valence-corrected chi connectivity index (χ4v) is 4.07. The lowest BCUT2D eigenvalue weighted by Crippen LogP contribution is -2.15. The van der Waals surface area contributed by atoms with Gasteiger partial charge in [0.05, 0.1) is 30.0 Å². The first-order valence-corrected chi connectivity index (χ1v) is 8.99. The molecule has 0 aliphatic heterocycles. The van der Waals surface area contributed by atoms with Gasteiger partial charge in [-0.15, -0.1) is 0 Å². The zero-order chi connectivity index (χ0) is 17.7. The van der Waals surface area contributed by atoms with Gasteiger partial charge in [0.25, 0.3) is 0 Å². The second-order valence-electron chi connectivity index (χ2n) is 7.01. The largest absolute Gasteiger partial charge is 0.497 e. The topological polar surface area (TPSA) is 81.2 Å². The monoisotopic (exact) mass is 347 g/mol. The maximum atomic E-state index is 6.18. The second kappa shape index (κ2) is 5.85. The van der Waals surface area contributed by atoms with E-state index in [1.54, 1.807) is 7.11 Å². The zero-order valence-electron chi connectivity index (χ0n) is 14.6. The molecule has 26 heavy (non-hydrogen) atoms. The molecule has 1 fully saturated rings. The zero-order valence-corrected chi connectivity index (χ0v) is 14.6. The summed E-state index contributed by atoms with van der Waals surface area (Å²) < 4.78 is 7.53. The van der Waals surface area contributed by atoms with Gasteiger partial charge in [-0.05, 0) is 49.6 Å². The van der Waals surface area contributed by atoms with Crippen molar-refractivity contribution in [1.29, 1.82) is 0 Å². The molecule has 0 saturated heterocycles.